The van der Waals surface area contributed by atoms with Gasteiger partial charge in [-0.1, -0.05) is 30.3 Å². The Labute approximate surface area is 112 Å². The normalized spacial score (nSPS) is 10.6. The fraction of sp³-hybridized carbons (Fsp3) is 0.0588. The highest BCUT2D eigenvalue weighted by Gasteiger charge is 2.01. The van der Waals surface area contributed by atoms with E-state index in [1.165, 1.54) is 11.1 Å². The number of phenols is 1. The SMILES string of the molecule is CNc1ccc(-c2ccc3cc(O)ccc3c2)cc1. The fourth-order valence-corrected chi connectivity index (χ4v) is 2.24. The third kappa shape index (κ3) is 2.25. The maximum Gasteiger partial charge on any atom is 0.116 e. The van der Waals surface area contributed by atoms with Gasteiger partial charge in [0.05, 0.1) is 0 Å². The minimum absolute atomic E-state index is 0.304. The molecule has 0 heterocycles. The highest BCUT2D eigenvalue weighted by molar-refractivity contribution is 5.88. The lowest BCUT2D eigenvalue weighted by atomic mass is 10.0. The average molecular weight is 249 g/mol. The number of nitrogens with one attached hydrogen (secondary N) is 1. The van der Waals surface area contributed by atoms with Crippen molar-refractivity contribution in [3.63, 3.8) is 0 Å². The minimum atomic E-state index is 0.304. The number of fused-ring (bicyclic) bond motifs is 1. The van der Waals surface area contributed by atoms with E-state index in [4.69, 9.17) is 0 Å². The molecule has 2 N–H and O–H groups in total. The molecule has 0 aliphatic heterocycles. The van der Waals surface area contributed by atoms with Gasteiger partial charge in [-0.2, -0.15) is 0 Å². The first kappa shape index (κ1) is 11.6. The molecule has 0 bridgehead atoms. The lowest BCUT2D eigenvalue weighted by Crippen LogP contribution is -1.87. The van der Waals surface area contributed by atoms with Gasteiger partial charge in [0.15, 0.2) is 0 Å². The Hall–Kier alpha value is -2.48. The van der Waals surface area contributed by atoms with E-state index in [2.05, 4.69) is 41.7 Å². The van der Waals surface area contributed by atoms with Crippen molar-refractivity contribution in [3.8, 4) is 16.9 Å². The van der Waals surface area contributed by atoms with Crippen molar-refractivity contribution in [2.45, 2.75) is 0 Å². The van der Waals surface area contributed by atoms with Crippen LogP contribution in [0.5, 0.6) is 5.75 Å². The zero-order valence-corrected chi connectivity index (χ0v) is 10.7. The second-order valence-electron chi connectivity index (χ2n) is 4.57. The molecule has 0 aromatic heterocycles. The number of rotatable bonds is 2. The van der Waals surface area contributed by atoms with Crippen LogP contribution in [-0.4, -0.2) is 12.2 Å². The highest BCUT2D eigenvalue weighted by atomic mass is 16.3. The number of hydrogen-bond donors (Lipinski definition) is 2. The van der Waals surface area contributed by atoms with Gasteiger partial charge < -0.3 is 10.4 Å². The molecule has 3 rings (SSSR count). The van der Waals surface area contributed by atoms with Crippen LogP contribution in [-0.2, 0) is 0 Å². The number of phenolic OH excluding ortho intramolecular Hbond substituents is 1. The molecular formula is C17H15NO. The first-order valence-electron chi connectivity index (χ1n) is 6.27. The van der Waals surface area contributed by atoms with Crippen LogP contribution in [0, 0.1) is 0 Å². The van der Waals surface area contributed by atoms with Crippen LogP contribution in [0.2, 0.25) is 0 Å². The summed E-state index contributed by atoms with van der Waals surface area (Å²) in [7, 11) is 1.91. The second kappa shape index (κ2) is 4.65. The predicted octanol–water partition coefficient (Wildman–Crippen LogP) is 4.25. The van der Waals surface area contributed by atoms with E-state index in [9.17, 15) is 5.11 Å². The monoisotopic (exact) mass is 249 g/mol. The van der Waals surface area contributed by atoms with Crippen LogP contribution < -0.4 is 5.32 Å². The summed E-state index contributed by atoms with van der Waals surface area (Å²) in [4.78, 5) is 0. The summed E-state index contributed by atoms with van der Waals surface area (Å²) >= 11 is 0. The number of hydrogen-bond acceptors (Lipinski definition) is 2. The van der Waals surface area contributed by atoms with Crippen molar-refractivity contribution in [3.05, 3.63) is 60.7 Å². The van der Waals surface area contributed by atoms with Gasteiger partial charge >= 0.3 is 0 Å². The largest absolute Gasteiger partial charge is 0.508 e. The minimum Gasteiger partial charge on any atom is -0.508 e. The highest BCUT2D eigenvalue weighted by Crippen LogP contribution is 2.27. The summed E-state index contributed by atoms with van der Waals surface area (Å²) in [6, 6.07) is 20.0. The molecule has 94 valence electrons. The van der Waals surface area contributed by atoms with Gasteiger partial charge in [-0.25, -0.2) is 0 Å². The maximum absolute atomic E-state index is 9.47. The maximum atomic E-state index is 9.47. The van der Waals surface area contributed by atoms with Crippen molar-refractivity contribution < 1.29 is 5.11 Å². The number of anilines is 1. The summed E-state index contributed by atoms with van der Waals surface area (Å²) in [5.74, 6) is 0.304. The Morgan fingerprint density at radius 3 is 2.11 bits per heavy atom. The standard InChI is InChI=1S/C17H15NO/c1-18-16-7-4-12(5-8-16)13-2-3-15-11-17(19)9-6-14(15)10-13/h2-11,18-19H,1H3. The number of aromatic hydroxyl groups is 1. The zero-order chi connectivity index (χ0) is 13.2. The Morgan fingerprint density at radius 2 is 1.37 bits per heavy atom. The van der Waals surface area contributed by atoms with Gasteiger partial charge in [-0.3, -0.25) is 0 Å². The summed E-state index contributed by atoms with van der Waals surface area (Å²) < 4.78 is 0. The molecule has 0 atom stereocenters. The lowest BCUT2D eigenvalue weighted by Gasteiger charge is -2.06. The molecule has 0 saturated heterocycles. The van der Waals surface area contributed by atoms with Crippen LogP contribution in [0.1, 0.15) is 0 Å². The molecule has 0 saturated carbocycles. The van der Waals surface area contributed by atoms with Gasteiger partial charge in [0, 0.05) is 12.7 Å². The second-order valence-corrected chi connectivity index (χ2v) is 4.57. The first-order valence-corrected chi connectivity index (χ1v) is 6.27. The lowest BCUT2D eigenvalue weighted by molar-refractivity contribution is 0.476. The molecule has 0 fully saturated rings. The van der Waals surface area contributed by atoms with Crippen molar-refractivity contribution in [1.29, 1.82) is 0 Å². The summed E-state index contributed by atoms with van der Waals surface area (Å²) in [5.41, 5.74) is 3.48. The van der Waals surface area contributed by atoms with Crippen LogP contribution in [0.3, 0.4) is 0 Å². The quantitative estimate of drug-likeness (QED) is 0.711. The van der Waals surface area contributed by atoms with E-state index in [-0.39, 0.29) is 0 Å². The van der Waals surface area contributed by atoms with Crippen molar-refractivity contribution >= 4 is 16.5 Å². The molecule has 0 amide bonds. The van der Waals surface area contributed by atoms with Crippen molar-refractivity contribution in [2.24, 2.45) is 0 Å². The molecule has 3 aromatic carbocycles. The van der Waals surface area contributed by atoms with Gasteiger partial charge in [0.2, 0.25) is 0 Å². The van der Waals surface area contributed by atoms with Gasteiger partial charge in [-0.05, 0) is 52.2 Å². The fourth-order valence-electron chi connectivity index (χ4n) is 2.24. The van der Waals surface area contributed by atoms with Gasteiger partial charge in [-0.15, -0.1) is 0 Å². The molecule has 0 spiro atoms. The molecule has 2 heteroatoms. The molecular weight excluding hydrogens is 234 g/mol. The van der Waals surface area contributed by atoms with E-state index >= 15 is 0 Å². The van der Waals surface area contributed by atoms with Crippen LogP contribution >= 0.6 is 0 Å². The predicted molar refractivity (Wildman–Crippen MR) is 80.6 cm³/mol. The summed E-state index contributed by atoms with van der Waals surface area (Å²) in [5, 5.41) is 14.8. The van der Waals surface area contributed by atoms with Crippen molar-refractivity contribution in [1.82, 2.24) is 0 Å². The molecule has 19 heavy (non-hydrogen) atoms. The first-order chi connectivity index (χ1) is 9.26. The Balaban J connectivity index is 2.06. The molecule has 2 nitrogen and oxygen atoms in total. The van der Waals surface area contributed by atoms with Gasteiger partial charge in [0.1, 0.15) is 5.75 Å². The summed E-state index contributed by atoms with van der Waals surface area (Å²) in [6.07, 6.45) is 0. The van der Waals surface area contributed by atoms with E-state index in [0.717, 1.165) is 16.5 Å². The van der Waals surface area contributed by atoms with Crippen LogP contribution in [0.4, 0.5) is 5.69 Å². The average Bonchev–Trinajstić information content (AvgIpc) is 2.47. The van der Waals surface area contributed by atoms with E-state index in [1.54, 1.807) is 12.1 Å². The molecule has 0 aliphatic rings. The molecule has 0 radical (unpaired) electrons. The zero-order valence-electron chi connectivity index (χ0n) is 10.7. The van der Waals surface area contributed by atoms with Crippen LogP contribution in [0.15, 0.2) is 60.7 Å². The molecule has 0 aliphatic carbocycles. The van der Waals surface area contributed by atoms with E-state index in [1.807, 2.05) is 19.2 Å². The smallest absolute Gasteiger partial charge is 0.116 e. The van der Waals surface area contributed by atoms with Crippen LogP contribution in [0.25, 0.3) is 21.9 Å². The molecule has 0 unspecified atom stereocenters. The number of benzene rings is 3. The summed E-state index contributed by atoms with van der Waals surface area (Å²) in [6.45, 7) is 0. The Morgan fingerprint density at radius 1 is 0.737 bits per heavy atom. The molecule has 3 aromatic rings. The Kier molecular flexibility index (Phi) is 2.84. The topological polar surface area (TPSA) is 32.3 Å². The van der Waals surface area contributed by atoms with Gasteiger partial charge in [0.25, 0.3) is 0 Å². The Bertz CT molecular complexity index is 717. The van der Waals surface area contributed by atoms with E-state index < -0.39 is 0 Å². The third-order valence-electron chi connectivity index (χ3n) is 3.33. The van der Waals surface area contributed by atoms with E-state index in [0.29, 0.717) is 5.75 Å². The van der Waals surface area contributed by atoms with Crippen molar-refractivity contribution in [2.75, 3.05) is 12.4 Å². The third-order valence-corrected chi connectivity index (χ3v) is 3.33.